The van der Waals surface area contributed by atoms with Crippen molar-refractivity contribution in [3.05, 3.63) is 23.9 Å². The van der Waals surface area contributed by atoms with Crippen molar-refractivity contribution in [3.8, 4) is 5.88 Å². The van der Waals surface area contributed by atoms with Crippen LogP contribution in [0.3, 0.4) is 0 Å². The summed E-state index contributed by atoms with van der Waals surface area (Å²) in [5, 5.41) is 14.5. The van der Waals surface area contributed by atoms with E-state index in [4.69, 9.17) is 4.74 Å². The molecule has 22 heavy (non-hydrogen) atoms. The van der Waals surface area contributed by atoms with Crippen LogP contribution in [0.1, 0.15) is 55.1 Å². The van der Waals surface area contributed by atoms with Crippen molar-refractivity contribution < 1.29 is 9.53 Å². The maximum atomic E-state index is 12.2. The SMILES string of the molecule is CCOc1cnc(C(=O)NC(C)c2nnnn2C2CC2)cn1. The maximum absolute atomic E-state index is 12.2. The Morgan fingerprint density at radius 2 is 2.27 bits per heavy atom. The van der Waals surface area contributed by atoms with Gasteiger partial charge in [0.15, 0.2) is 5.82 Å². The molecule has 1 amide bonds. The second kappa shape index (κ2) is 6.04. The molecule has 1 saturated carbocycles. The number of tetrazole rings is 1. The summed E-state index contributed by atoms with van der Waals surface area (Å²) in [6, 6.07) is 0.0473. The number of nitrogens with zero attached hydrogens (tertiary/aromatic N) is 6. The zero-order valence-corrected chi connectivity index (χ0v) is 12.4. The third-order valence-electron chi connectivity index (χ3n) is 3.30. The first kappa shape index (κ1) is 14.4. The lowest BCUT2D eigenvalue weighted by molar-refractivity contribution is 0.0931. The third-order valence-corrected chi connectivity index (χ3v) is 3.30. The topological polar surface area (TPSA) is 108 Å². The van der Waals surface area contributed by atoms with Crippen LogP contribution in [0.15, 0.2) is 12.4 Å². The van der Waals surface area contributed by atoms with Crippen molar-refractivity contribution in [3.63, 3.8) is 0 Å². The summed E-state index contributed by atoms with van der Waals surface area (Å²) in [6.07, 6.45) is 4.96. The smallest absolute Gasteiger partial charge is 0.272 e. The fraction of sp³-hybridized carbons (Fsp3) is 0.538. The number of hydrogen-bond donors (Lipinski definition) is 1. The molecule has 3 rings (SSSR count). The molecule has 1 aliphatic carbocycles. The molecule has 9 nitrogen and oxygen atoms in total. The fourth-order valence-corrected chi connectivity index (χ4v) is 2.06. The Kier molecular flexibility index (Phi) is 3.94. The number of hydrogen-bond acceptors (Lipinski definition) is 7. The van der Waals surface area contributed by atoms with Gasteiger partial charge in [-0.05, 0) is 37.1 Å². The van der Waals surface area contributed by atoms with Crippen LogP contribution in [-0.4, -0.2) is 42.7 Å². The number of carbonyl (C=O) groups excluding carboxylic acids is 1. The van der Waals surface area contributed by atoms with Gasteiger partial charge < -0.3 is 10.1 Å². The first-order valence-corrected chi connectivity index (χ1v) is 7.22. The number of rotatable bonds is 6. The number of ether oxygens (including phenoxy) is 1. The minimum Gasteiger partial charge on any atom is -0.477 e. The summed E-state index contributed by atoms with van der Waals surface area (Å²) in [5.74, 6) is 0.716. The van der Waals surface area contributed by atoms with Gasteiger partial charge in [-0.15, -0.1) is 5.10 Å². The van der Waals surface area contributed by atoms with E-state index in [1.54, 1.807) is 4.68 Å². The van der Waals surface area contributed by atoms with Crippen LogP contribution in [0.2, 0.25) is 0 Å². The molecule has 2 aromatic rings. The van der Waals surface area contributed by atoms with Gasteiger partial charge in [-0.3, -0.25) is 4.79 Å². The zero-order chi connectivity index (χ0) is 15.5. The number of aromatic nitrogens is 6. The number of nitrogens with one attached hydrogen (secondary N) is 1. The van der Waals surface area contributed by atoms with Gasteiger partial charge in [0.25, 0.3) is 5.91 Å². The predicted octanol–water partition coefficient (Wildman–Crippen LogP) is 0.688. The van der Waals surface area contributed by atoms with Crippen LogP contribution < -0.4 is 10.1 Å². The van der Waals surface area contributed by atoms with Gasteiger partial charge >= 0.3 is 0 Å². The third kappa shape index (κ3) is 3.02. The predicted molar refractivity (Wildman–Crippen MR) is 75.2 cm³/mol. The van der Waals surface area contributed by atoms with E-state index >= 15 is 0 Å². The van der Waals surface area contributed by atoms with E-state index < -0.39 is 0 Å². The molecule has 1 fully saturated rings. The quantitative estimate of drug-likeness (QED) is 0.836. The minimum atomic E-state index is -0.326. The Bertz CT molecular complexity index is 651. The Balaban J connectivity index is 1.66. The highest BCUT2D eigenvalue weighted by Gasteiger charge is 2.30. The number of amides is 1. The molecule has 0 bridgehead atoms. The van der Waals surface area contributed by atoms with Crippen LogP contribution in [0.4, 0.5) is 0 Å². The molecular weight excluding hydrogens is 286 g/mol. The summed E-state index contributed by atoms with van der Waals surface area (Å²) in [4.78, 5) is 20.3. The van der Waals surface area contributed by atoms with Gasteiger partial charge in [-0.2, -0.15) is 0 Å². The van der Waals surface area contributed by atoms with Gasteiger partial charge in [0.05, 0.1) is 31.1 Å². The van der Waals surface area contributed by atoms with Crippen LogP contribution in [0.25, 0.3) is 0 Å². The normalized spacial score (nSPS) is 15.4. The van der Waals surface area contributed by atoms with Crippen molar-refractivity contribution in [2.45, 2.75) is 38.8 Å². The van der Waals surface area contributed by atoms with E-state index in [9.17, 15) is 4.79 Å². The molecule has 0 saturated heterocycles. The Hall–Kier alpha value is -2.58. The van der Waals surface area contributed by atoms with Gasteiger partial charge in [-0.25, -0.2) is 14.6 Å². The van der Waals surface area contributed by atoms with Crippen molar-refractivity contribution in [1.82, 2.24) is 35.5 Å². The monoisotopic (exact) mass is 303 g/mol. The highest BCUT2D eigenvalue weighted by Crippen LogP contribution is 2.35. The first-order chi connectivity index (χ1) is 10.7. The lowest BCUT2D eigenvalue weighted by Crippen LogP contribution is -2.29. The van der Waals surface area contributed by atoms with Gasteiger partial charge in [0.1, 0.15) is 5.69 Å². The molecule has 0 aromatic carbocycles. The van der Waals surface area contributed by atoms with E-state index in [2.05, 4.69) is 30.8 Å². The van der Waals surface area contributed by atoms with Crippen molar-refractivity contribution >= 4 is 5.91 Å². The van der Waals surface area contributed by atoms with E-state index in [1.165, 1.54) is 12.4 Å². The van der Waals surface area contributed by atoms with Gasteiger partial charge in [0.2, 0.25) is 5.88 Å². The van der Waals surface area contributed by atoms with Crippen LogP contribution in [0, 0.1) is 0 Å². The summed E-state index contributed by atoms with van der Waals surface area (Å²) in [6.45, 7) is 4.19. The summed E-state index contributed by atoms with van der Waals surface area (Å²) < 4.78 is 6.97. The van der Waals surface area contributed by atoms with E-state index in [0.717, 1.165) is 12.8 Å². The average molecular weight is 303 g/mol. The molecule has 1 N–H and O–H groups in total. The maximum Gasteiger partial charge on any atom is 0.272 e. The van der Waals surface area contributed by atoms with Crippen molar-refractivity contribution in [1.29, 1.82) is 0 Å². The molecule has 2 heterocycles. The molecule has 2 aromatic heterocycles. The average Bonchev–Trinajstić information content (AvgIpc) is 3.25. The molecule has 0 aliphatic heterocycles. The lowest BCUT2D eigenvalue weighted by atomic mass is 10.3. The Labute approximate surface area is 127 Å². The molecular formula is C13H17N7O2. The lowest BCUT2D eigenvalue weighted by Gasteiger charge is -2.13. The Morgan fingerprint density at radius 1 is 1.45 bits per heavy atom. The van der Waals surface area contributed by atoms with Gasteiger partial charge in [-0.1, -0.05) is 0 Å². The minimum absolute atomic E-state index is 0.223. The highest BCUT2D eigenvalue weighted by molar-refractivity contribution is 5.92. The standard InChI is InChI=1S/C13H17N7O2/c1-3-22-11-7-14-10(6-15-11)13(21)16-8(2)12-17-18-19-20(12)9-4-5-9/h6-9H,3-5H2,1-2H3,(H,16,21). The molecule has 0 spiro atoms. The second-order valence-electron chi connectivity index (χ2n) is 5.08. The number of carbonyl (C=O) groups is 1. The molecule has 1 atom stereocenters. The van der Waals surface area contributed by atoms with Crippen molar-refractivity contribution in [2.75, 3.05) is 6.61 Å². The molecule has 1 aliphatic rings. The van der Waals surface area contributed by atoms with E-state index in [1.807, 2.05) is 13.8 Å². The Morgan fingerprint density at radius 3 is 2.91 bits per heavy atom. The molecule has 0 radical (unpaired) electrons. The second-order valence-corrected chi connectivity index (χ2v) is 5.08. The summed E-state index contributed by atoms with van der Waals surface area (Å²) in [5.41, 5.74) is 0.223. The van der Waals surface area contributed by atoms with E-state index in [-0.39, 0.29) is 17.6 Å². The van der Waals surface area contributed by atoms with Crippen molar-refractivity contribution in [2.24, 2.45) is 0 Å². The molecule has 116 valence electrons. The zero-order valence-electron chi connectivity index (χ0n) is 12.4. The first-order valence-electron chi connectivity index (χ1n) is 7.22. The van der Waals surface area contributed by atoms with E-state index in [0.29, 0.717) is 24.4 Å². The highest BCUT2D eigenvalue weighted by atomic mass is 16.5. The molecule has 1 unspecified atom stereocenters. The fourth-order valence-electron chi connectivity index (χ4n) is 2.06. The molecule has 9 heteroatoms. The van der Waals surface area contributed by atoms with Gasteiger partial charge in [0, 0.05) is 0 Å². The van der Waals surface area contributed by atoms with Crippen LogP contribution in [0.5, 0.6) is 5.88 Å². The summed E-state index contributed by atoms with van der Waals surface area (Å²) >= 11 is 0. The largest absolute Gasteiger partial charge is 0.477 e. The van der Waals surface area contributed by atoms with Crippen LogP contribution in [-0.2, 0) is 0 Å². The van der Waals surface area contributed by atoms with Crippen LogP contribution >= 0.6 is 0 Å². The summed E-state index contributed by atoms with van der Waals surface area (Å²) in [7, 11) is 0.